The van der Waals surface area contributed by atoms with Crippen molar-refractivity contribution >= 4 is 21.6 Å². The average molecular weight is 316 g/mol. The highest BCUT2D eigenvalue weighted by atomic mass is 32.2. The molecular weight excluding hydrogens is 299 g/mol. The zero-order valence-corrected chi connectivity index (χ0v) is 12.1. The third kappa shape index (κ3) is 4.15. The van der Waals surface area contributed by atoms with E-state index in [1.54, 1.807) is 0 Å². The number of hydrogen-bond acceptors (Lipinski definition) is 4. The van der Waals surface area contributed by atoms with Gasteiger partial charge in [0, 0.05) is 18.3 Å². The molecule has 1 aliphatic heterocycles. The monoisotopic (exact) mass is 316 g/mol. The van der Waals surface area contributed by atoms with Crippen LogP contribution in [0.5, 0.6) is 0 Å². The first-order chi connectivity index (χ1) is 9.91. The summed E-state index contributed by atoms with van der Waals surface area (Å²) in [6.45, 7) is -0.242. The maximum atomic E-state index is 13.1. The Bertz CT molecular complexity index is 620. The quantitative estimate of drug-likeness (QED) is 0.862. The molecule has 1 saturated heterocycles. The normalized spacial score (nSPS) is 20.2. The van der Waals surface area contributed by atoms with Gasteiger partial charge in [0.25, 0.3) is 0 Å². The lowest BCUT2D eigenvalue weighted by Gasteiger charge is -2.27. The van der Waals surface area contributed by atoms with Crippen LogP contribution >= 0.6 is 0 Å². The third-order valence-electron chi connectivity index (χ3n) is 3.33. The van der Waals surface area contributed by atoms with Gasteiger partial charge in [0.2, 0.25) is 0 Å². The smallest absolute Gasteiger partial charge is 0.322 e. The molecule has 0 aromatic heterocycles. The Hall–Kier alpha value is -1.67. The van der Waals surface area contributed by atoms with Crippen LogP contribution in [0.3, 0.4) is 0 Å². The summed E-state index contributed by atoms with van der Waals surface area (Å²) in [4.78, 5) is 13.5. The minimum atomic E-state index is -3.14. The van der Waals surface area contributed by atoms with E-state index in [2.05, 4.69) is 5.32 Å². The number of amides is 2. The van der Waals surface area contributed by atoms with Gasteiger partial charge < -0.3 is 15.3 Å². The molecule has 1 fully saturated rings. The van der Waals surface area contributed by atoms with Crippen LogP contribution in [0.15, 0.2) is 24.3 Å². The second-order valence-corrected chi connectivity index (χ2v) is 7.14. The average Bonchev–Trinajstić information content (AvgIpc) is 2.76. The number of rotatable bonds is 4. The van der Waals surface area contributed by atoms with Crippen molar-refractivity contribution in [1.29, 1.82) is 0 Å². The van der Waals surface area contributed by atoms with Crippen molar-refractivity contribution in [3.05, 3.63) is 30.1 Å². The molecule has 0 spiro atoms. The molecule has 2 amide bonds. The number of carbonyl (C=O) groups excluding carboxylic acids is 1. The van der Waals surface area contributed by atoms with Gasteiger partial charge in [-0.1, -0.05) is 6.07 Å². The van der Waals surface area contributed by atoms with E-state index in [1.807, 2.05) is 0 Å². The Kier molecular flexibility index (Phi) is 4.79. The van der Waals surface area contributed by atoms with E-state index in [0.717, 1.165) is 0 Å². The third-order valence-corrected chi connectivity index (χ3v) is 5.08. The van der Waals surface area contributed by atoms with Gasteiger partial charge in [-0.05, 0) is 24.6 Å². The predicted molar refractivity (Wildman–Crippen MR) is 76.3 cm³/mol. The fourth-order valence-corrected chi connectivity index (χ4v) is 4.07. The van der Waals surface area contributed by atoms with Crippen molar-refractivity contribution in [2.75, 3.05) is 30.0 Å². The standard InChI is InChI=1S/C13H17FN2O4S/c14-10-2-1-3-11(8-10)15-13(18)16(5-6-17)12-4-7-21(19,20)9-12/h1-3,8,12,17H,4-7,9H2,(H,15,18)/t12-/m0/s1. The lowest BCUT2D eigenvalue weighted by Crippen LogP contribution is -2.45. The molecule has 8 heteroatoms. The molecule has 0 saturated carbocycles. The van der Waals surface area contributed by atoms with Gasteiger partial charge in [-0.2, -0.15) is 0 Å². The first-order valence-electron chi connectivity index (χ1n) is 6.56. The van der Waals surface area contributed by atoms with Gasteiger partial charge in [0.15, 0.2) is 9.84 Å². The van der Waals surface area contributed by atoms with Gasteiger partial charge >= 0.3 is 6.03 Å². The van der Waals surface area contributed by atoms with Crippen molar-refractivity contribution in [2.45, 2.75) is 12.5 Å². The molecule has 0 radical (unpaired) electrons. The molecule has 21 heavy (non-hydrogen) atoms. The van der Waals surface area contributed by atoms with Gasteiger partial charge in [0.1, 0.15) is 5.82 Å². The minimum Gasteiger partial charge on any atom is -0.395 e. The van der Waals surface area contributed by atoms with E-state index in [0.29, 0.717) is 6.42 Å². The zero-order chi connectivity index (χ0) is 15.5. The van der Waals surface area contributed by atoms with Crippen molar-refractivity contribution in [3.8, 4) is 0 Å². The summed E-state index contributed by atoms with van der Waals surface area (Å²) in [6, 6.07) is 4.41. The Morgan fingerprint density at radius 1 is 1.48 bits per heavy atom. The molecule has 1 aliphatic rings. The summed E-state index contributed by atoms with van der Waals surface area (Å²) in [5, 5.41) is 11.6. The fraction of sp³-hybridized carbons (Fsp3) is 0.462. The Morgan fingerprint density at radius 3 is 2.81 bits per heavy atom. The van der Waals surface area contributed by atoms with E-state index in [-0.39, 0.29) is 30.3 Å². The predicted octanol–water partition coefficient (Wildman–Crippen LogP) is 0.839. The van der Waals surface area contributed by atoms with Gasteiger partial charge in [-0.15, -0.1) is 0 Å². The summed E-state index contributed by atoms with van der Waals surface area (Å²) in [5.41, 5.74) is 0.281. The second-order valence-electron chi connectivity index (χ2n) is 4.91. The number of nitrogens with zero attached hydrogens (tertiary/aromatic N) is 1. The van der Waals surface area contributed by atoms with Crippen LogP contribution in [0.25, 0.3) is 0 Å². The number of nitrogens with one attached hydrogen (secondary N) is 1. The maximum absolute atomic E-state index is 13.1. The highest BCUT2D eigenvalue weighted by molar-refractivity contribution is 7.91. The van der Waals surface area contributed by atoms with Gasteiger partial charge in [-0.25, -0.2) is 17.6 Å². The van der Waals surface area contributed by atoms with E-state index in [4.69, 9.17) is 5.11 Å². The number of anilines is 1. The molecule has 116 valence electrons. The van der Waals surface area contributed by atoms with Gasteiger partial charge in [-0.3, -0.25) is 0 Å². The van der Waals surface area contributed by atoms with Crippen LogP contribution in [0.4, 0.5) is 14.9 Å². The lowest BCUT2D eigenvalue weighted by molar-refractivity contribution is 0.169. The molecule has 1 atom stereocenters. The maximum Gasteiger partial charge on any atom is 0.322 e. The highest BCUT2D eigenvalue weighted by Gasteiger charge is 2.34. The first-order valence-corrected chi connectivity index (χ1v) is 8.38. The number of urea groups is 1. The molecule has 0 aliphatic carbocycles. The molecular formula is C13H17FN2O4S. The van der Waals surface area contributed by atoms with E-state index >= 15 is 0 Å². The Balaban J connectivity index is 2.09. The second kappa shape index (κ2) is 6.40. The van der Waals surface area contributed by atoms with Crippen LogP contribution in [0.2, 0.25) is 0 Å². The molecule has 1 aromatic rings. The largest absolute Gasteiger partial charge is 0.395 e. The Labute approximate surface area is 122 Å². The molecule has 6 nitrogen and oxygen atoms in total. The van der Waals surface area contributed by atoms with Crippen molar-refractivity contribution in [3.63, 3.8) is 0 Å². The highest BCUT2D eigenvalue weighted by Crippen LogP contribution is 2.19. The molecule has 1 heterocycles. The molecule has 2 rings (SSSR count). The number of sulfone groups is 1. The zero-order valence-electron chi connectivity index (χ0n) is 11.3. The van der Waals surface area contributed by atoms with Crippen LogP contribution < -0.4 is 5.32 Å². The van der Waals surface area contributed by atoms with Crippen molar-refractivity contribution in [1.82, 2.24) is 4.90 Å². The summed E-state index contributed by atoms with van der Waals surface area (Å²) in [7, 11) is -3.14. The van der Waals surface area contributed by atoms with Gasteiger partial charge in [0.05, 0.1) is 18.1 Å². The number of carbonyl (C=O) groups is 1. The fourth-order valence-electron chi connectivity index (χ4n) is 2.34. The number of aliphatic hydroxyl groups excluding tert-OH is 1. The number of aliphatic hydroxyl groups is 1. The number of benzene rings is 1. The lowest BCUT2D eigenvalue weighted by atomic mass is 10.2. The summed E-state index contributed by atoms with van der Waals surface area (Å²) in [5.74, 6) is -0.555. The first kappa shape index (κ1) is 15.7. The van der Waals surface area contributed by atoms with Crippen molar-refractivity contribution in [2.24, 2.45) is 0 Å². The molecule has 1 aromatic carbocycles. The number of halogens is 1. The minimum absolute atomic E-state index is 0.0291. The SMILES string of the molecule is O=C(Nc1cccc(F)c1)N(CCO)[C@H]1CCS(=O)(=O)C1. The summed E-state index contributed by atoms with van der Waals surface area (Å²) in [6.07, 6.45) is 0.346. The summed E-state index contributed by atoms with van der Waals surface area (Å²) >= 11 is 0. The van der Waals surface area contributed by atoms with E-state index in [9.17, 15) is 17.6 Å². The van der Waals surface area contributed by atoms with Crippen LogP contribution in [0, 0.1) is 5.82 Å². The molecule has 0 bridgehead atoms. The van der Waals surface area contributed by atoms with Crippen molar-refractivity contribution < 1.29 is 22.7 Å². The Morgan fingerprint density at radius 2 is 2.24 bits per heavy atom. The van der Waals surface area contributed by atoms with E-state index in [1.165, 1.54) is 29.2 Å². The molecule has 2 N–H and O–H groups in total. The van der Waals surface area contributed by atoms with Crippen LogP contribution in [-0.4, -0.2) is 55.2 Å². The van der Waals surface area contributed by atoms with E-state index < -0.39 is 27.7 Å². The van der Waals surface area contributed by atoms with Crippen LogP contribution in [0.1, 0.15) is 6.42 Å². The number of hydrogen-bond donors (Lipinski definition) is 2. The van der Waals surface area contributed by atoms with Crippen LogP contribution in [-0.2, 0) is 9.84 Å². The molecule has 0 unspecified atom stereocenters. The summed E-state index contributed by atoms with van der Waals surface area (Å²) < 4.78 is 36.1. The topological polar surface area (TPSA) is 86.7 Å².